The Labute approximate surface area is 116 Å². The van der Waals surface area contributed by atoms with Crippen molar-refractivity contribution in [2.75, 3.05) is 18.5 Å². The summed E-state index contributed by atoms with van der Waals surface area (Å²) in [6.07, 6.45) is 1.87. The molecule has 3 N–H and O–H groups in total. The van der Waals surface area contributed by atoms with Gasteiger partial charge in [0, 0.05) is 6.54 Å². The Morgan fingerprint density at radius 1 is 1.45 bits per heavy atom. The molecule has 1 aromatic carbocycles. The Morgan fingerprint density at radius 2 is 2.30 bits per heavy atom. The maximum Gasteiger partial charge on any atom is 0.263 e. The molecule has 0 saturated carbocycles. The largest absolute Gasteiger partial charge is 0.491 e. The number of hydrogen-bond donors (Lipinski definition) is 3. The second kappa shape index (κ2) is 7.25. The van der Waals surface area contributed by atoms with Gasteiger partial charge < -0.3 is 15.2 Å². The van der Waals surface area contributed by atoms with Crippen molar-refractivity contribution < 1.29 is 9.84 Å². The highest BCUT2D eigenvalue weighted by Gasteiger charge is 2.08. The molecule has 0 fully saturated rings. The highest BCUT2D eigenvalue weighted by atomic mass is 16.5. The van der Waals surface area contributed by atoms with Crippen molar-refractivity contribution in [1.82, 2.24) is 20.6 Å². The molecule has 7 nitrogen and oxygen atoms in total. The molecule has 0 radical (unpaired) electrons. The standard InChI is InChI=1S/C13H17N5O2/c1-2-5-10-6-3-4-7-12(10)20-9-11(19)8-14-13-15-17-18-16-13/h2-4,6-7,11,19H,1,5,8-9H2,(H2,14,15,16,17,18). The number of para-hydroxylation sites is 1. The molecule has 0 amide bonds. The summed E-state index contributed by atoms with van der Waals surface area (Å²) in [5.74, 6) is 1.10. The van der Waals surface area contributed by atoms with E-state index in [-0.39, 0.29) is 13.2 Å². The van der Waals surface area contributed by atoms with Crippen LogP contribution in [0.25, 0.3) is 0 Å². The Balaban J connectivity index is 1.80. The average molecular weight is 275 g/mol. The first-order chi connectivity index (χ1) is 9.79. The fourth-order valence-electron chi connectivity index (χ4n) is 1.66. The third kappa shape index (κ3) is 4.06. The first-order valence-corrected chi connectivity index (χ1v) is 6.26. The summed E-state index contributed by atoms with van der Waals surface area (Å²) in [6.45, 7) is 4.17. The zero-order valence-corrected chi connectivity index (χ0v) is 11.0. The number of aliphatic hydroxyl groups is 1. The molecule has 2 aromatic rings. The fraction of sp³-hybridized carbons (Fsp3) is 0.308. The molecule has 0 aliphatic rings. The summed E-state index contributed by atoms with van der Waals surface area (Å²) >= 11 is 0. The Morgan fingerprint density at radius 3 is 3.05 bits per heavy atom. The summed E-state index contributed by atoms with van der Waals surface area (Å²) in [6, 6.07) is 7.69. The van der Waals surface area contributed by atoms with Crippen molar-refractivity contribution in [2.45, 2.75) is 12.5 Å². The third-order valence-corrected chi connectivity index (χ3v) is 2.61. The maximum absolute atomic E-state index is 9.84. The summed E-state index contributed by atoms with van der Waals surface area (Å²) in [5, 5.41) is 25.8. The number of ether oxygens (including phenoxy) is 1. The fourth-order valence-corrected chi connectivity index (χ4v) is 1.66. The molecule has 20 heavy (non-hydrogen) atoms. The van der Waals surface area contributed by atoms with Crippen LogP contribution in [0.5, 0.6) is 5.75 Å². The van der Waals surface area contributed by atoms with Crippen LogP contribution in [-0.4, -0.2) is 45.0 Å². The molecule has 7 heteroatoms. The Bertz CT molecular complexity index is 529. The lowest BCUT2D eigenvalue weighted by atomic mass is 10.1. The number of H-pyrrole nitrogens is 1. The molecule has 0 spiro atoms. The minimum Gasteiger partial charge on any atom is -0.491 e. The second-order valence-electron chi connectivity index (χ2n) is 4.18. The number of hydrogen-bond acceptors (Lipinski definition) is 6. The van der Waals surface area contributed by atoms with Gasteiger partial charge in [0.1, 0.15) is 18.5 Å². The van der Waals surface area contributed by atoms with Gasteiger partial charge in [-0.2, -0.15) is 5.21 Å². The first-order valence-electron chi connectivity index (χ1n) is 6.26. The number of rotatable bonds is 8. The SMILES string of the molecule is C=CCc1ccccc1OCC(O)CNc1nn[nH]n1. The maximum atomic E-state index is 9.84. The number of anilines is 1. The van der Waals surface area contributed by atoms with Gasteiger partial charge in [-0.25, -0.2) is 0 Å². The summed E-state index contributed by atoms with van der Waals surface area (Å²) in [5.41, 5.74) is 1.04. The van der Waals surface area contributed by atoms with Gasteiger partial charge >= 0.3 is 0 Å². The van der Waals surface area contributed by atoms with Crippen molar-refractivity contribution in [2.24, 2.45) is 0 Å². The average Bonchev–Trinajstić information content (AvgIpc) is 2.98. The third-order valence-electron chi connectivity index (χ3n) is 2.61. The summed E-state index contributed by atoms with van der Waals surface area (Å²) < 4.78 is 5.62. The summed E-state index contributed by atoms with van der Waals surface area (Å²) in [7, 11) is 0. The molecule has 0 aliphatic heterocycles. The van der Waals surface area contributed by atoms with Crippen LogP contribution in [0.1, 0.15) is 5.56 Å². The molecule has 1 atom stereocenters. The Hall–Kier alpha value is -2.41. The number of benzene rings is 1. The van der Waals surface area contributed by atoms with E-state index in [1.807, 2.05) is 30.3 Å². The van der Waals surface area contributed by atoms with Gasteiger partial charge in [0.15, 0.2) is 0 Å². The Kier molecular flexibility index (Phi) is 5.08. The van der Waals surface area contributed by atoms with E-state index in [0.717, 1.165) is 17.7 Å². The van der Waals surface area contributed by atoms with Crippen molar-refractivity contribution in [3.8, 4) is 5.75 Å². The van der Waals surface area contributed by atoms with Crippen LogP contribution in [0, 0.1) is 0 Å². The van der Waals surface area contributed by atoms with Crippen molar-refractivity contribution in [3.05, 3.63) is 42.5 Å². The van der Waals surface area contributed by atoms with Crippen LogP contribution in [-0.2, 0) is 6.42 Å². The molecule has 2 rings (SSSR count). The van der Waals surface area contributed by atoms with E-state index in [2.05, 4.69) is 32.5 Å². The molecule has 0 bridgehead atoms. The molecule has 1 aromatic heterocycles. The molecule has 106 valence electrons. The molecular weight excluding hydrogens is 258 g/mol. The number of allylic oxidation sites excluding steroid dienone is 1. The minimum absolute atomic E-state index is 0.180. The molecule has 0 saturated heterocycles. The number of tetrazole rings is 1. The second-order valence-corrected chi connectivity index (χ2v) is 4.18. The van der Waals surface area contributed by atoms with Gasteiger partial charge in [-0.05, 0) is 23.3 Å². The van der Waals surface area contributed by atoms with Crippen molar-refractivity contribution in [1.29, 1.82) is 0 Å². The van der Waals surface area contributed by atoms with Crippen LogP contribution in [0.15, 0.2) is 36.9 Å². The number of aromatic amines is 1. The molecule has 1 unspecified atom stereocenters. The molecular formula is C13H17N5O2. The number of aromatic nitrogens is 4. The minimum atomic E-state index is -0.676. The van der Waals surface area contributed by atoms with Crippen LogP contribution in [0.2, 0.25) is 0 Å². The van der Waals surface area contributed by atoms with Crippen LogP contribution >= 0.6 is 0 Å². The van der Waals surface area contributed by atoms with Gasteiger partial charge in [0.25, 0.3) is 5.95 Å². The van der Waals surface area contributed by atoms with Gasteiger partial charge in [0.05, 0.1) is 0 Å². The van der Waals surface area contributed by atoms with Gasteiger partial charge in [0.2, 0.25) is 0 Å². The van der Waals surface area contributed by atoms with E-state index in [4.69, 9.17) is 4.74 Å². The zero-order chi connectivity index (χ0) is 14.2. The number of aliphatic hydroxyl groups excluding tert-OH is 1. The van der Waals surface area contributed by atoms with Crippen LogP contribution < -0.4 is 10.1 Å². The lowest BCUT2D eigenvalue weighted by Crippen LogP contribution is -2.26. The van der Waals surface area contributed by atoms with Crippen molar-refractivity contribution >= 4 is 5.95 Å². The van der Waals surface area contributed by atoms with E-state index in [1.165, 1.54) is 0 Å². The monoisotopic (exact) mass is 275 g/mol. The van der Waals surface area contributed by atoms with Crippen LogP contribution in [0.4, 0.5) is 5.95 Å². The number of nitrogens with one attached hydrogen (secondary N) is 2. The quantitative estimate of drug-likeness (QED) is 0.616. The highest BCUT2D eigenvalue weighted by Crippen LogP contribution is 2.18. The smallest absolute Gasteiger partial charge is 0.263 e. The van der Waals surface area contributed by atoms with E-state index in [9.17, 15) is 5.11 Å². The van der Waals surface area contributed by atoms with Crippen LogP contribution in [0.3, 0.4) is 0 Å². The van der Waals surface area contributed by atoms with E-state index < -0.39 is 6.10 Å². The predicted molar refractivity (Wildman–Crippen MR) is 74.5 cm³/mol. The summed E-state index contributed by atoms with van der Waals surface area (Å²) in [4.78, 5) is 0. The van der Waals surface area contributed by atoms with E-state index in [1.54, 1.807) is 0 Å². The number of nitrogens with zero attached hydrogens (tertiary/aromatic N) is 3. The highest BCUT2D eigenvalue weighted by molar-refractivity contribution is 5.34. The van der Waals surface area contributed by atoms with E-state index in [0.29, 0.717) is 5.95 Å². The van der Waals surface area contributed by atoms with Gasteiger partial charge in [-0.15, -0.1) is 11.7 Å². The van der Waals surface area contributed by atoms with Gasteiger partial charge in [-0.3, -0.25) is 0 Å². The predicted octanol–water partition coefficient (Wildman–Crippen LogP) is 0.780. The molecule has 0 aliphatic carbocycles. The topological polar surface area (TPSA) is 96.0 Å². The van der Waals surface area contributed by atoms with E-state index >= 15 is 0 Å². The zero-order valence-electron chi connectivity index (χ0n) is 11.0. The lowest BCUT2D eigenvalue weighted by Gasteiger charge is -2.14. The lowest BCUT2D eigenvalue weighted by molar-refractivity contribution is 0.117. The van der Waals surface area contributed by atoms with Crippen molar-refractivity contribution in [3.63, 3.8) is 0 Å². The van der Waals surface area contributed by atoms with Gasteiger partial charge in [-0.1, -0.05) is 29.4 Å². The molecule has 1 heterocycles. The normalized spacial score (nSPS) is 11.8. The first kappa shape index (κ1) is 14.0.